The van der Waals surface area contributed by atoms with Gasteiger partial charge in [0.15, 0.2) is 5.78 Å². The molecule has 0 radical (unpaired) electrons. The zero-order chi connectivity index (χ0) is 13.5. The fourth-order valence-corrected chi connectivity index (χ4v) is 1.73. The van der Waals surface area contributed by atoms with E-state index in [1.165, 1.54) is 0 Å². The quantitative estimate of drug-likeness (QED) is 0.743. The Morgan fingerprint density at radius 1 is 1.22 bits per heavy atom. The maximum atomic E-state index is 11.9. The Kier molecular flexibility index (Phi) is 5.52. The van der Waals surface area contributed by atoms with Crippen LogP contribution in [0.15, 0.2) is 30.3 Å². The summed E-state index contributed by atoms with van der Waals surface area (Å²) in [4.78, 5) is 24.7. The third kappa shape index (κ3) is 4.67. The fourth-order valence-electron chi connectivity index (χ4n) is 1.73. The summed E-state index contributed by atoms with van der Waals surface area (Å²) in [7, 11) is 0. The highest BCUT2D eigenvalue weighted by molar-refractivity contribution is 5.96. The van der Waals surface area contributed by atoms with Crippen LogP contribution in [0.1, 0.15) is 30.6 Å². The lowest BCUT2D eigenvalue weighted by molar-refractivity contribution is -0.119. The lowest BCUT2D eigenvalue weighted by atomic mass is 10.1. The van der Waals surface area contributed by atoms with Crippen molar-refractivity contribution < 1.29 is 9.59 Å². The third-order valence-corrected chi connectivity index (χ3v) is 2.81. The van der Waals surface area contributed by atoms with Crippen LogP contribution < -0.4 is 5.73 Å². The second kappa shape index (κ2) is 6.91. The molecular weight excluding hydrogens is 228 g/mol. The molecule has 0 aliphatic rings. The zero-order valence-corrected chi connectivity index (χ0v) is 10.9. The minimum absolute atomic E-state index is 0.0886. The van der Waals surface area contributed by atoms with Gasteiger partial charge in [0, 0.05) is 24.6 Å². The van der Waals surface area contributed by atoms with Crippen molar-refractivity contribution in [3.05, 3.63) is 35.9 Å². The van der Waals surface area contributed by atoms with Gasteiger partial charge in [0.05, 0.1) is 6.54 Å². The van der Waals surface area contributed by atoms with Crippen LogP contribution in [0, 0.1) is 0 Å². The molecule has 18 heavy (non-hydrogen) atoms. The first-order chi connectivity index (χ1) is 8.50. The molecular formula is C14H20N2O2. The zero-order valence-electron chi connectivity index (χ0n) is 10.9. The molecule has 4 heteroatoms. The number of primary amides is 1. The van der Waals surface area contributed by atoms with Crippen LogP contribution in [0.3, 0.4) is 0 Å². The molecule has 0 heterocycles. The van der Waals surface area contributed by atoms with E-state index in [4.69, 9.17) is 5.73 Å². The molecule has 0 spiro atoms. The molecule has 1 aromatic carbocycles. The average Bonchev–Trinajstić information content (AvgIpc) is 2.34. The van der Waals surface area contributed by atoms with Crippen molar-refractivity contribution >= 4 is 11.7 Å². The predicted octanol–water partition coefficient (Wildman–Crippen LogP) is 1.46. The van der Waals surface area contributed by atoms with Crippen molar-refractivity contribution in [2.24, 2.45) is 5.73 Å². The highest BCUT2D eigenvalue weighted by Gasteiger charge is 2.14. The normalized spacial score (nSPS) is 10.9. The van der Waals surface area contributed by atoms with Gasteiger partial charge in [0.25, 0.3) is 0 Å². The standard InChI is InChI=1S/C14H20N2O2/c1-11(2)16(10-14(15)18)9-8-13(17)12-6-4-3-5-7-12/h3-7,11H,8-10H2,1-2H3,(H2,15,18). The predicted molar refractivity (Wildman–Crippen MR) is 71.3 cm³/mol. The first-order valence-corrected chi connectivity index (χ1v) is 6.11. The van der Waals surface area contributed by atoms with Crippen LogP contribution in [0.2, 0.25) is 0 Å². The Morgan fingerprint density at radius 2 is 1.83 bits per heavy atom. The number of carbonyl (C=O) groups excluding carboxylic acids is 2. The van der Waals surface area contributed by atoms with Crippen LogP contribution in [0.5, 0.6) is 0 Å². The molecule has 98 valence electrons. The van der Waals surface area contributed by atoms with Crippen LogP contribution in [0.25, 0.3) is 0 Å². The maximum Gasteiger partial charge on any atom is 0.231 e. The molecule has 4 nitrogen and oxygen atoms in total. The van der Waals surface area contributed by atoms with E-state index in [-0.39, 0.29) is 24.3 Å². The highest BCUT2D eigenvalue weighted by Crippen LogP contribution is 2.06. The second-order valence-electron chi connectivity index (χ2n) is 4.57. The third-order valence-electron chi connectivity index (χ3n) is 2.81. The Bertz CT molecular complexity index is 402. The number of nitrogens with zero attached hydrogens (tertiary/aromatic N) is 1. The Morgan fingerprint density at radius 3 is 2.33 bits per heavy atom. The lowest BCUT2D eigenvalue weighted by Crippen LogP contribution is -2.39. The van der Waals surface area contributed by atoms with Crippen molar-refractivity contribution in [3.8, 4) is 0 Å². The van der Waals surface area contributed by atoms with E-state index in [1.54, 1.807) is 12.1 Å². The van der Waals surface area contributed by atoms with E-state index in [9.17, 15) is 9.59 Å². The summed E-state index contributed by atoms with van der Waals surface area (Å²) in [6, 6.07) is 9.37. The topological polar surface area (TPSA) is 63.4 Å². The van der Waals surface area contributed by atoms with E-state index in [0.29, 0.717) is 18.5 Å². The molecule has 1 aromatic rings. The molecule has 0 bridgehead atoms. The molecule has 0 aliphatic carbocycles. The lowest BCUT2D eigenvalue weighted by Gasteiger charge is -2.24. The number of hydrogen-bond donors (Lipinski definition) is 1. The SMILES string of the molecule is CC(C)N(CCC(=O)c1ccccc1)CC(N)=O. The number of Topliss-reactive ketones (excluding diaryl/α,β-unsaturated/α-hetero) is 1. The second-order valence-corrected chi connectivity index (χ2v) is 4.57. The molecule has 1 amide bonds. The Labute approximate surface area is 108 Å². The van der Waals surface area contributed by atoms with Crippen LogP contribution in [-0.4, -0.2) is 35.7 Å². The summed E-state index contributed by atoms with van der Waals surface area (Å²) in [5.74, 6) is -0.276. The molecule has 0 aliphatic heterocycles. The monoisotopic (exact) mass is 248 g/mol. The molecule has 0 fully saturated rings. The molecule has 0 atom stereocenters. The van der Waals surface area contributed by atoms with Gasteiger partial charge in [-0.15, -0.1) is 0 Å². The van der Waals surface area contributed by atoms with E-state index in [1.807, 2.05) is 36.9 Å². The summed E-state index contributed by atoms with van der Waals surface area (Å²) in [6.45, 7) is 4.71. The van der Waals surface area contributed by atoms with Crippen LogP contribution in [0.4, 0.5) is 0 Å². The van der Waals surface area contributed by atoms with E-state index in [0.717, 1.165) is 0 Å². The molecule has 0 saturated carbocycles. The van der Waals surface area contributed by atoms with Gasteiger partial charge in [-0.05, 0) is 13.8 Å². The molecule has 0 saturated heterocycles. The first kappa shape index (κ1) is 14.4. The maximum absolute atomic E-state index is 11.9. The van der Waals surface area contributed by atoms with Crippen LogP contribution in [-0.2, 0) is 4.79 Å². The Balaban J connectivity index is 2.52. The number of benzene rings is 1. The number of amides is 1. The number of ketones is 1. The van der Waals surface area contributed by atoms with Crippen molar-refractivity contribution in [2.75, 3.05) is 13.1 Å². The largest absolute Gasteiger partial charge is 0.369 e. The number of rotatable bonds is 7. The van der Waals surface area contributed by atoms with Crippen molar-refractivity contribution in [3.63, 3.8) is 0 Å². The number of carbonyl (C=O) groups is 2. The van der Waals surface area contributed by atoms with Gasteiger partial charge in [-0.25, -0.2) is 0 Å². The minimum Gasteiger partial charge on any atom is -0.369 e. The van der Waals surface area contributed by atoms with Gasteiger partial charge in [-0.1, -0.05) is 30.3 Å². The van der Waals surface area contributed by atoms with Crippen molar-refractivity contribution in [1.29, 1.82) is 0 Å². The van der Waals surface area contributed by atoms with Gasteiger partial charge in [0.1, 0.15) is 0 Å². The van der Waals surface area contributed by atoms with Gasteiger partial charge in [-0.3, -0.25) is 14.5 Å². The van der Waals surface area contributed by atoms with E-state index in [2.05, 4.69) is 0 Å². The van der Waals surface area contributed by atoms with Gasteiger partial charge >= 0.3 is 0 Å². The fraction of sp³-hybridized carbons (Fsp3) is 0.429. The molecule has 0 unspecified atom stereocenters. The van der Waals surface area contributed by atoms with Gasteiger partial charge < -0.3 is 5.73 Å². The van der Waals surface area contributed by atoms with Gasteiger partial charge in [-0.2, -0.15) is 0 Å². The van der Waals surface area contributed by atoms with Gasteiger partial charge in [0.2, 0.25) is 5.91 Å². The smallest absolute Gasteiger partial charge is 0.231 e. The summed E-state index contributed by atoms with van der Waals surface area (Å²) in [5.41, 5.74) is 5.89. The average molecular weight is 248 g/mol. The molecule has 0 aromatic heterocycles. The Hall–Kier alpha value is -1.68. The number of nitrogens with two attached hydrogens (primary N) is 1. The number of hydrogen-bond acceptors (Lipinski definition) is 3. The van der Waals surface area contributed by atoms with E-state index < -0.39 is 0 Å². The summed E-state index contributed by atoms with van der Waals surface area (Å²) >= 11 is 0. The molecule has 2 N–H and O–H groups in total. The van der Waals surface area contributed by atoms with Crippen molar-refractivity contribution in [2.45, 2.75) is 26.3 Å². The summed E-state index contributed by atoms with van der Waals surface area (Å²) in [6.07, 6.45) is 0.398. The van der Waals surface area contributed by atoms with E-state index >= 15 is 0 Å². The first-order valence-electron chi connectivity index (χ1n) is 6.11. The van der Waals surface area contributed by atoms with Crippen LogP contribution >= 0.6 is 0 Å². The summed E-state index contributed by atoms with van der Waals surface area (Å²) < 4.78 is 0. The molecule has 1 rings (SSSR count). The van der Waals surface area contributed by atoms with Crippen molar-refractivity contribution in [1.82, 2.24) is 4.90 Å². The minimum atomic E-state index is -0.365. The highest BCUT2D eigenvalue weighted by atomic mass is 16.1. The summed E-state index contributed by atoms with van der Waals surface area (Å²) in [5, 5.41) is 0.